The quantitative estimate of drug-likeness (QED) is 0.496. The maximum atomic E-state index is 5.28. The molecule has 1 aromatic heterocycles. The molecule has 5 heteroatoms. The number of aryl methyl sites for hydroxylation is 1. The van der Waals surface area contributed by atoms with Gasteiger partial charge >= 0.3 is 0 Å². The summed E-state index contributed by atoms with van der Waals surface area (Å²) in [6, 6.07) is 0. The normalized spacial score (nSPS) is 19.5. The zero-order valence-corrected chi connectivity index (χ0v) is 11.6. The van der Waals surface area contributed by atoms with Gasteiger partial charge in [0, 0.05) is 38.8 Å². The van der Waals surface area contributed by atoms with E-state index < -0.39 is 0 Å². The number of rotatable bonds is 3. The Morgan fingerprint density at radius 3 is 3.16 bits per heavy atom. The topological polar surface area (TPSA) is 45.5 Å². The fraction of sp³-hybridized carbons (Fsp3) is 0.571. The molecule has 0 bridgehead atoms. The van der Waals surface area contributed by atoms with Crippen molar-refractivity contribution in [2.45, 2.75) is 19.3 Å². The molecule has 1 aromatic rings. The zero-order valence-electron chi connectivity index (χ0n) is 11.6. The predicted octanol–water partition coefficient (Wildman–Crippen LogP) is 0.808. The van der Waals surface area contributed by atoms with Crippen molar-refractivity contribution in [3.8, 4) is 12.3 Å². The Hall–Kier alpha value is -1.96. The molecule has 1 atom stereocenters. The van der Waals surface area contributed by atoms with Crippen molar-refractivity contribution < 1.29 is 0 Å². The molecule has 1 saturated heterocycles. The Morgan fingerprint density at radius 1 is 1.68 bits per heavy atom. The third-order valence-electron chi connectivity index (χ3n) is 3.34. The van der Waals surface area contributed by atoms with E-state index >= 15 is 0 Å². The number of terminal acetylenes is 1. The van der Waals surface area contributed by atoms with Crippen LogP contribution in [0.1, 0.15) is 24.8 Å². The van der Waals surface area contributed by atoms with E-state index in [2.05, 4.69) is 39.3 Å². The lowest BCUT2D eigenvalue weighted by atomic mass is 10.0. The molecule has 2 heterocycles. The van der Waals surface area contributed by atoms with Gasteiger partial charge in [0.15, 0.2) is 5.96 Å². The highest BCUT2D eigenvalue weighted by Crippen LogP contribution is 2.26. The zero-order chi connectivity index (χ0) is 13.7. The Kier molecular flexibility index (Phi) is 4.45. The smallest absolute Gasteiger partial charge is 0.194 e. The summed E-state index contributed by atoms with van der Waals surface area (Å²) in [5, 5.41) is 7.54. The fourth-order valence-electron chi connectivity index (χ4n) is 2.42. The van der Waals surface area contributed by atoms with Crippen molar-refractivity contribution >= 4 is 5.96 Å². The second-order valence-electron chi connectivity index (χ2n) is 4.75. The molecule has 0 spiro atoms. The Labute approximate surface area is 114 Å². The summed E-state index contributed by atoms with van der Waals surface area (Å²) in [4.78, 5) is 6.70. The number of aliphatic imine (C=N–C) groups is 1. The first kappa shape index (κ1) is 13.5. The third-order valence-corrected chi connectivity index (χ3v) is 3.34. The summed E-state index contributed by atoms with van der Waals surface area (Å²) in [6.45, 7) is 5.34. The van der Waals surface area contributed by atoms with Crippen LogP contribution in [-0.4, -0.2) is 46.8 Å². The lowest BCUT2D eigenvalue weighted by molar-refractivity contribution is 0.487. The van der Waals surface area contributed by atoms with E-state index in [9.17, 15) is 0 Å². The molecule has 0 amide bonds. The van der Waals surface area contributed by atoms with Gasteiger partial charge < -0.3 is 10.2 Å². The Balaban J connectivity index is 2.02. The SMILES string of the molecule is C#CCN=C(NCC)N1CCC(c2cnn(C)c2)C1. The van der Waals surface area contributed by atoms with Crippen LogP contribution in [0, 0.1) is 12.3 Å². The van der Waals surface area contributed by atoms with Gasteiger partial charge in [-0.1, -0.05) is 5.92 Å². The first-order valence-corrected chi connectivity index (χ1v) is 6.69. The number of aromatic nitrogens is 2. The second kappa shape index (κ2) is 6.28. The molecular formula is C14H21N5. The first-order valence-electron chi connectivity index (χ1n) is 6.69. The molecule has 0 aliphatic carbocycles. The monoisotopic (exact) mass is 259 g/mol. The lowest BCUT2D eigenvalue weighted by Gasteiger charge is -2.21. The van der Waals surface area contributed by atoms with Crippen molar-refractivity contribution in [1.82, 2.24) is 20.0 Å². The largest absolute Gasteiger partial charge is 0.356 e. The minimum atomic E-state index is 0.427. The van der Waals surface area contributed by atoms with Crippen LogP contribution in [0.3, 0.4) is 0 Å². The molecule has 5 nitrogen and oxygen atoms in total. The van der Waals surface area contributed by atoms with E-state index in [0.29, 0.717) is 12.5 Å². The third kappa shape index (κ3) is 3.28. The van der Waals surface area contributed by atoms with Crippen LogP contribution in [0.2, 0.25) is 0 Å². The van der Waals surface area contributed by atoms with E-state index in [4.69, 9.17) is 6.42 Å². The Bertz CT molecular complexity index is 482. The van der Waals surface area contributed by atoms with Gasteiger partial charge in [0.25, 0.3) is 0 Å². The molecule has 1 N–H and O–H groups in total. The number of nitrogens with one attached hydrogen (secondary N) is 1. The summed E-state index contributed by atoms with van der Waals surface area (Å²) < 4.78 is 1.86. The van der Waals surface area contributed by atoms with Crippen molar-refractivity contribution in [1.29, 1.82) is 0 Å². The minimum Gasteiger partial charge on any atom is -0.356 e. The molecule has 0 aromatic carbocycles. The van der Waals surface area contributed by atoms with Gasteiger partial charge in [-0.25, -0.2) is 4.99 Å². The molecule has 1 aliphatic rings. The standard InChI is InChI=1S/C14H21N5/c1-4-7-16-14(15-5-2)19-8-6-12(11-19)13-9-17-18(3)10-13/h1,9-10,12H,5-8,11H2,2-3H3,(H,15,16). The summed E-state index contributed by atoms with van der Waals surface area (Å²) in [6.07, 6.45) is 10.5. The summed E-state index contributed by atoms with van der Waals surface area (Å²) in [5.74, 6) is 4.01. The highest BCUT2D eigenvalue weighted by molar-refractivity contribution is 5.80. The number of hydrogen-bond donors (Lipinski definition) is 1. The van der Waals surface area contributed by atoms with Crippen LogP contribution < -0.4 is 5.32 Å². The molecule has 1 fully saturated rings. The van der Waals surface area contributed by atoms with Crippen LogP contribution in [0.25, 0.3) is 0 Å². The van der Waals surface area contributed by atoms with Crippen molar-refractivity contribution in [3.63, 3.8) is 0 Å². The van der Waals surface area contributed by atoms with Crippen LogP contribution in [-0.2, 0) is 7.05 Å². The number of nitrogens with zero attached hydrogens (tertiary/aromatic N) is 4. The second-order valence-corrected chi connectivity index (χ2v) is 4.75. The van der Waals surface area contributed by atoms with Gasteiger partial charge in [0.05, 0.1) is 6.20 Å². The minimum absolute atomic E-state index is 0.427. The molecule has 19 heavy (non-hydrogen) atoms. The van der Waals surface area contributed by atoms with Crippen molar-refractivity contribution in [3.05, 3.63) is 18.0 Å². The van der Waals surface area contributed by atoms with Gasteiger partial charge in [-0.3, -0.25) is 4.68 Å². The van der Waals surface area contributed by atoms with E-state index in [-0.39, 0.29) is 0 Å². The molecule has 1 aliphatic heterocycles. The molecule has 0 radical (unpaired) electrons. The van der Waals surface area contributed by atoms with Crippen LogP contribution in [0.15, 0.2) is 17.4 Å². The molecule has 2 rings (SSSR count). The van der Waals surface area contributed by atoms with E-state index in [1.54, 1.807) is 0 Å². The molecule has 0 saturated carbocycles. The maximum Gasteiger partial charge on any atom is 0.194 e. The Morgan fingerprint density at radius 2 is 2.53 bits per heavy atom. The highest BCUT2D eigenvalue weighted by Gasteiger charge is 2.26. The molecular weight excluding hydrogens is 238 g/mol. The highest BCUT2D eigenvalue weighted by atomic mass is 15.3. The fourth-order valence-corrected chi connectivity index (χ4v) is 2.42. The number of guanidine groups is 1. The average Bonchev–Trinajstić information content (AvgIpc) is 3.03. The summed E-state index contributed by atoms with van der Waals surface area (Å²) >= 11 is 0. The summed E-state index contributed by atoms with van der Waals surface area (Å²) in [7, 11) is 1.95. The first-order chi connectivity index (χ1) is 9.24. The molecule has 1 unspecified atom stereocenters. The van der Waals surface area contributed by atoms with Gasteiger partial charge in [-0.2, -0.15) is 5.10 Å². The predicted molar refractivity (Wildman–Crippen MR) is 77.0 cm³/mol. The van der Waals surface area contributed by atoms with Crippen LogP contribution in [0.5, 0.6) is 0 Å². The maximum absolute atomic E-state index is 5.28. The van der Waals surface area contributed by atoms with Crippen LogP contribution >= 0.6 is 0 Å². The van der Waals surface area contributed by atoms with E-state index in [0.717, 1.165) is 32.0 Å². The van der Waals surface area contributed by atoms with Gasteiger partial charge in [-0.15, -0.1) is 6.42 Å². The molecule has 102 valence electrons. The van der Waals surface area contributed by atoms with E-state index in [1.165, 1.54) is 5.56 Å². The average molecular weight is 259 g/mol. The van der Waals surface area contributed by atoms with E-state index in [1.807, 2.05) is 17.9 Å². The number of likely N-dealkylation sites (tertiary alicyclic amines) is 1. The van der Waals surface area contributed by atoms with Crippen LogP contribution in [0.4, 0.5) is 0 Å². The van der Waals surface area contributed by atoms with Gasteiger partial charge in [-0.05, 0) is 18.9 Å². The van der Waals surface area contributed by atoms with Crippen molar-refractivity contribution in [2.24, 2.45) is 12.0 Å². The lowest BCUT2D eigenvalue weighted by Crippen LogP contribution is -2.40. The summed E-state index contributed by atoms with van der Waals surface area (Å²) in [5.41, 5.74) is 1.30. The van der Waals surface area contributed by atoms with Gasteiger partial charge in [0.1, 0.15) is 6.54 Å². The van der Waals surface area contributed by atoms with Gasteiger partial charge in [0.2, 0.25) is 0 Å². The number of hydrogen-bond acceptors (Lipinski definition) is 2. The van der Waals surface area contributed by atoms with Crippen molar-refractivity contribution in [2.75, 3.05) is 26.2 Å².